The molecule has 1 aromatic heterocycles. The molecule has 3 nitrogen and oxygen atoms in total. The molecule has 0 amide bonds. The molecule has 0 aliphatic carbocycles. The lowest BCUT2D eigenvalue weighted by Gasteiger charge is -2.21. The van der Waals surface area contributed by atoms with Gasteiger partial charge in [-0.15, -0.1) is 6.42 Å². The van der Waals surface area contributed by atoms with Gasteiger partial charge in [0.2, 0.25) is 0 Å². The number of pyridine rings is 1. The van der Waals surface area contributed by atoms with Crippen LogP contribution in [-0.2, 0) is 0 Å². The summed E-state index contributed by atoms with van der Waals surface area (Å²) in [5, 5.41) is 10.1. The maximum Gasteiger partial charge on any atom is 0.131 e. The van der Waals surface area contributed by atoms with E-state index in [1.807, 2.05) is 35.2 Å². The van der Waals surface area contributed by atoms with Gasteiger partial charge in [0, 0.05) is 11.9 Å². The highest BCUT2D eigenvalue weighted by Gasteiger charge is 2.10. The standard InChI is InChI=1S/C16H15N3/c1-3-9-19(10-4-2)16-11-13(12-17)14-7-5-6-8-15(14)18-16/h1,5-8,11H,4,9-10H2,2H3. The number of nitriles is 1. The van der Waals surface area contributed by atoms with Crippen molar-refractivity contribution in [3.63, 3.8) is 0 Å². The molecule has 1 heterocycles. The minimum absolute atomic E-state index is 0.504. The average Bonchev–Trinajstić information content (AvgIpc) is 2.46. The minimum Gasteiger partial charge on any atom is -0.345 e. The van der Waals surface area contributed by atoms with Gasteiger partial charge in [0.15, 0.2) is 0 Å². The van der Waals surface area contributed by atoms with Gasteiger partial charge in [0.25, 0.3) is 0 Å². The molecule has 0 radical (unpaired) electrons. The Morgan fingerprint density at radius 3 is 2.84 bits per heavy atom. The zero-order valence-electron chi connectivity index (χ0n) is 10.9. The molecule has 94 valence electrons. The van der Waals surface area contributed by atoms with E-state index in [0.29, 0.717) is 12.1 Å². The van der Waals surface area contributed by atoms with E-state index >= 15 is 0 Å². The first-order valence-electron chi connectivity index (χ1n) is 6.28. The number of nitrogens with zero attached hydrogens (tertiary/aromatic N) is 3. The lowest BCUT2D eigenvalue weighted by Crippen LogP contribution is -2.25. The summed E-state index contributed by atoms with van der Waals surface area (Å²) >= 11 is 0. The number of rotatable bonds is 4. The molecule has 0 fully saturated rings. The molecule has 0 spiro atoms. The highest BCUT2D eigenvalue weighted by atomic mass is 15.2. The fraction of sp³-hybridized carbons (Fsp3) is 0.250. The SMILES string of the molecule is C#CCN(CCC)c1cc(C#N)c2ccccc2n1. The monoisotopic (exact) mass is 249 g/mol. The van der Waals surface area contributed by atoms with E-state index < -0.39 is 0 Å². The minimum atomic E-state index is 0.504. The van der Waals surface area contributed by atoms with Crippen molar-refractivity contribution in [2.45, 2.75) is 13.3 Å². The highest BCUT2D eigenvalue weighted by molar-refractivity contribution is 5.86. The molecule has 0 saturated heterocycles. The normalized spacial score (nSPS) is 9.84. The van der Waals surface area contributed by atoms with Gasteiger partial charge in [0.05, 0.1) is 23.7 Å². The number of hydrogen-bond acceptors (Lipinski definition) is 3. The fourth-order valence-electron chi connectivity index (χ4n) is 2.07. The van der Waals surface area contributed by atoms with E-state index in [1.165, 1.54) is 0 Å². The smallest absolute Gasteiger partial charge is 0.131 e. The van der Waals surface area contributed by atoms with Gasteiger partial charge in [-0.1, -0.05) is 31.0 Å². The number of aromatic nitrogens is 1. The second-order valence-electron chi connectivity index (χ2n) is 4.28. The predicted octanol–water partition coefficient (Wildman–Crippen LogP) is 2.96. The summed E-state index contributed by atoms with van der Waals surface area (Å²) in [4.78, 5) is 6.62. The molecular formula is C16H15N3. The van der Waals surface area contributed by atoms with Crippen LogP contribution in [0.5, 0.6) is 0 Å². The molecule has 19 heavy (non-hydrogen) atoms. The van der Waals surface area contributed by atoms with E-state index in [1.54, 1.807) is 0 Å². The van der Waals surface area contributed by atoms with Crippen LogP contribution in [0, 0.1) is 23.7 Å². The van der Waals surface area contributed by atoms with Crippen LogP contribution in [0.15, 0.2) is 30.3 Å². The summed E-state index contributed by atoms with van der Waals surface area (Å²) < 4.78 is 0. The van der Waals surface area contributed by atoms with Crippen molar-refractivity contribution in [3.05, 3.63) is 35.9 Å². The molecule has 1 aromatic carbocycles. The molecule has 2 aromatic rings. The average molecular weight is 249 g/mol. The van der Waals surface area contributed by atoms with Crippen molar-refractivity contribution in [3.8, 4) is 18.4 Å². The Bertz CT molecular complexity index is 662. The fourth-order valence-corrected chi connectivity index (χ4v) is 2.07. The molecule has 3 heteroatoms. The van der Waals surface area contributed by atoms with E-state index in [0.717, 1.165) is 29.7 Å². The van der Waals surface area contributed by atoms with Crippen LogP contribution in [0.3, 0.4) is 0 Å². The summed E-state index contributed by atoms with van der Waals surface area (Å²) in [5.74, 6) is 3.41. The Hall–Kier alpha value is -2.52. The number of fused-ring (bicyclic) bond motifs is 1. The maximum absolute atomic E-state index is 9.27. The largest absolute Gasteiger partial charge is 0.345 e. The van der Waals surface area contributed by atoms with Crippen molar-refractivity contribution in [2.24, 2.45) is 0 Å². The van der Waals surface area contributed by atoms with Crippen molar-refractivity contribution in [2.75, 3.05) is 18.0 Å². The zero-order valence-corrected chi connectivity index (χ0v) is 10.9. The molecule has 0 aliphatic rings. The molecule has 0 saturated carbocycles. The Morgan fingerprint density at radius 1 is 1.37 bits per heavy atom. The van der Waals surface area contributed by atoms with Crippen LogP contribution in [0.4, 0.5) is 5.82 Å². The topological polar surface area (TPSA) is 39.9 Å². The number of para-hydroxylation sites is 1. The first-order valence-corrected chi connectivity index (χ1v) is 6.28. The Kier molecular flexibility index (Phi) is 4.00. The summed E-state index contributed by atoms with van der Waals surface area (Å²) in [5.41, 5.74) is 1.47. The van der Waals surface area contributed by atoms with Crippen molar-refractivity contribution < 1.29 is 0 Å². The van der Waals surface area contributed by atoms with Crippen LogP contribution in [0.25, 0.3) is 10.9 Å². The maximum atomic E-state index is 9.27. The number of anilines is 1. The van der Waals surface area contributed by atoms with Crippen LogP contribution < -0.4 is 4.90 Å². The second-order valence-corrected chi connectivity index (χ2v) is 4.28. The zero-order chi connectivity index (χ0) is 13.7. The van der Waals surface area contributed by atoms with Crippen molar-refractivity contribution in [1.82, 2.24) is 4.98 Å². The van der Waals surface area contributed by atoms with Gasteiger partial charge in [0.1, 0.15) is 5.82 Å². The van der Waals surface area contributed by atoms with Crippen molar-refractivity contribution in [1.29, 1.82) is 5.26 Å². The molecular weight excluding hydrogens is 234 g/mol. The summed E-state index contributed by atoms with van der Waals surface area (Å²) in [7, 11) is 0. The van der Waals surface area contributed by atoms with Crippen LogP contribution in [0.1, 0.15) is 18.9 Å². The molecule has 0 bridgehead atoms. The third-order valence-electron chi connectivity index (χ3n) is 2.92. The Balaban J connectivity index is 2.55. The first kappa shape index (κ1) is 12.9. The lowest BCUT2D eigenvalue weighted by molar-refractivity contribution is 0.811. The van der Waals surface area contributed by atoms with E-state index in [4.69, 9.17) is 6.42 Å². The third-order valence-corrected chi connectivity index (χ3v) is 2.92. The summed E-state index contributed by atoms with van der Waals surface area (Å²) in [6.07, 6.45) is 6.38. The molecule has 0 atom stereocenters. The Morgan fingerprint density at radius 2 is 2.16 bits per heavy atom. The quantitative estimate of drug-likeness (QED) is 0.782. The van der Waals surface area contributed by atoms with E-state index in [2.05, 4.69) is 23.9 Å². The van der Waals surface area contributed by atoms with Gasteiger partial charge in [-0.2, -0.15) is 5.26 Å². The summed E-state index contributed by atoms with van der Waals surface area (Å²) in [6, 6.07) is 11.7. The van der Waals surface area contributed by atoms with Gasteiger partial charge >= 0.3 is 0 Å². The summed E-state index contributed by atoms with van der Waals surface area (Å²) in [6.45, 7) is 3.43. The highest BCUT2D eigenvalue weighted by Crippen LogP contribution is 2.22. The molecule has 2 rings (SSSR count). The number of benzene rings is 1. The van der Waals surface area contributed by atoms with Crippen LogP contribution >= 0.6 is 0 Å². The van der Waals surface area contributed by atoms with Gasteiger partial charge in [-0.05, 0) is 18.6 Å². The van der Waals surface area contributed by atoms with Gasteiger partial charge < -0.3 is 4.90 Å². The van der Waals surface area contributed by atoms with Gasteiger partial charge in [-0.25, -0.2) is 4.98 Å². The van der Waals surface area contributed by atoms with Crippen LogP contribution in [-0.4, -0.2) is 18.1 Å². The predicted molar refractivity (Wildman–Crippen MR) is 77.8 cm³/mol. The van der Waals surface area contributed by atoms with E-state index in [-0.39, 0.29) is 0 Å². The van der Waals surface area contributed by atoms with E-state index in [9.17, 15) is 5.26 Å². The Labute approximate surface area is 113 Å². The first-order chi connectivity index (χ1) is 9.30. The molecule has 0 aliphatic heterocycles. The number of terminal acetylenes is 1. The number of hydrogen-bond donors (Lipinski definition) is 0. The second kappa shape index (κ2) is 5.89. The molecule has 0 unspecified atom stereocenters. The van der Waals surface area contributed by atoms with Crippen LogP contribution in [0.2, 0.25) is 0 Å². The molecule has 0 N–H and O–H groups in total. The lowest BCUT2D eigenvalue weighted by atomic mass is 10.1. The third kappa shape index (κ3) is 2.67. The van der Waals surface area contributed by atoms with Crippen molar-refractivity contribution >= 4 is 16.7 Å². The van der Waals surface area contributed by atoms with Gasteiger partial charge in [-0.3, -0.25) is 0 Å².